The molecule has 1 aliphatic carbocycles. The van der Waals surface area contributed by atoms with Crippen LogP contribution in [0.2, 0.25) is 0 Å². The van der Waals surface area contributed by atoms with Crippen molar-refractivity contribution in [2.45, 2.75) is 36.7 Å². The van der Waals surface area contributed by atoms with E-state index in [0.29, 0.717) is 28.4 Å². The van der Waals surface area contributed by atoms with Gasteiger partial charge >= 0.3 is 0 Å². The van der Waals surface area contributed by atoms with Crippen LogP contribution in [0.1, 0.15) is 29.1 Å². The van der Waals surface area contributed by atoms with Gasteiger partial charge < -0.3 is 9.40 Å². The molecule has 0 unspecified atom stereocenters. The van der Waals surface area contributed by atoms with Gasteiger partial charge in [-0.05, 0) is 43.4 Å². The molecule has 7 nitrogen and oxygen atoms in total. The molecule has 5 rings (SSSR count). The fourth-order valence-corrected chi connectivity index (χ4v) is 5.18. The summed E-state index contributed by atoms with van der Waals surface area (Å²) in [6.07, 6.45) is 6.04. The Morgan fingerprint density at radius 1 is 1.22 bits per heavy atom. The summed E-state index contributed by atoms with van der Waals surface area (Å²) in [5.74, 6) is 1.45. The molecule has 1 aliphatic rings. The van der Waals surface area contributed by atoms with Crippen LogP contribution in [-0.2, 0) is 18.6 Å². The van der Waals surface area contributed by atoms with Crippen LogP contribution in [-0.4, -0.2) is 25.1 Å². The molecule has 0 aromatic carbocycles. The molecule has 0 spiro atoms. The summed E-state index contributed by atoms with van der Waals surface area (Å²) >= 11 is 3.00. The van der Waals surface area contributed by atoms with Crippen LogP contribution in [0.5, 0.6) is 0 Å². The molecule has 0 amide bonds. The molecule has 1 N–H and O–H groups in total. The van der Waals surface area contributed by atoms with Gasteiger partial charge in [0.15, 0.2) is 0 Å². The van der Waals surface area contributed by atoms with Gasteiger partial charge in [-0.3, -0.25) is 9.78 Å². The number of rotatable bonds is 4. The Labute approximate surface area is 162 Å². The molecule has 0 atom stereocenters. The number of hydrogen-bond acceptors (Lipinski definition) is 8. The first kappa shape index (κ1) is 16.6. The lowest BCUT2D eigenvalue weighted by Gasteiger charge is -2.09. The average Bonchev–Trinajstić information content (AvgIpc) is 3.31. The lowest BCUT2D eigenvalue weighted by atomic mass is 9.97. The number of thiophene rings is 1. The summed E-state index contributed by atoms with van der Waals surface area (Å²) in [7, 11) is 0. The number of hydrogen-bond donors (Lipinski definition) is 1. The molecule has 0 saturated carbocycles. The number of H-pyrrole nitrogens is 1. The molecule has 0 radical (unpaired) electrons. The Bertz CT molecular complexity index is 1170. The number of thioether (sulfide) groups is 1. The average molecular weight is 397 g/mol. The molecule has 0 bridgehead atoms. The van der Waals surface area contributed by atoms with Gasteiger partial charge in [-0.15, -0.1) is 21.5 Å². The maximum absolute atomic E-state index is 12.6. The van der Waals surface area contributed by atoms with Crippen molar-refractivity contribution < 1.29 is 4.42 Å². The van der Waals surface area contributed by atoms with E-state index in [9.17, 15) is 4.79 Å². The Morgan fingerprint density at radius 2 is 2.15 bits per heavy atom. The summed E-state index contributed by atoms with van der Waals surface area (Å²) in [5, 5.41) is 9.25. The summed E-state index contributed by atoms with van der Waals surface area (Å²) in [6, 6.07) is 5.51. The minimum atomic E-state index is -0.0466. The third-order valence-electron chi connectivity index (χ3n) is 4.50. The van der Waals surface area contributed by atoms with E-state index in [0.717, 1.165) is 29.5 Å². The van der Waals surface area contributed by atoms with E-state index in [-0.39, 0.29) is 5.56 Å². The minimum Gasteiger partial charge on any atom is -0.410 e. The van der Waals surface area contributed by atoms with E-state index < -0.39 is 0 Å². The number of nitrogens with zero attached hydrogens (tertiary/aromatic N) is 4. The summed E-state index contributed by atoms with van der Waals surface area (Å²) in [4.78, 5) is 26.5. The second-order valence-corrected chi connectivity index (χ2v) is 8.29. The van der Waals surface area contributed by atoms with Crippen molar-refractivity contribution in [3.8, 4) is 11.6 Å². The predicted molar refractivity (Wildman–Crippen MR) is 104 cm³/mol. The quantitative estimate of drug-likeness (QED) is 0.525. The Kier molecular flexibility index (Phi) is 4.25. The van der Waals surface area contributed by atoms with Crippen LogP contribution in [0.25, 0.3) is 21.8 Å². The Hall–Kier alpha value is -2.52. The van der Waals surface area contributed by atoms with Crippen molar-refractivity contribution >= 4 is 33.3 Å². The summed E-state index contributed by atoms with van der Waals surface area (Å²) < 4.78 is 5.64. The summed E-state index contributed by atoms with van der Waals surface area (Å²) in [5.41, 5.74) is 1.79. The number of aromatic amines is 1. The van der Waals surface area contributed by atoms with Crippen LogP contribution in [0.4, 0.5) is 0 Å². The van der Waals surface area contributed by atoms with Gasteiger partial charge in [0.25, 0.3) is 16.7 Å². The molecular weight excluding hydrogens is 382 g/mol. The molecule has 9 heteroatoms. The third-order valence-corrected chi connectivity index (χ3v) is 6.51. The SMILES string of the molecule is O=c1[nH]c(CSc2nnc(-c3ccccn3)o2)nc2sc3c(c12)CCCC3. The van der Waals surface area contributed by atoms with E-state index in [2.05, 4.69) is 25.1 Å². The maximum Gasteiger partial charge on any atom is 0.277 e. The highest BCUT2D eigenvalue weighted by Gasteiger charge is 2.20. The highest BCUT2D eigenvalue weighted by Crippen LogP contribution is 2.34. The van der Waals surface area contributed by atoms with Crippen LogP contribution >= 0.6 is 23.1 Å². The van der Waals surface area contributed by atoms with Gasteiger partial charge in [0.1, 0.15) is 16.3 Å². The van der Waals surface area contributed by atoms with Crippen LogP contribution in [0.15, 0.2) is 38.8 Å². The van der Waals surface area contributed by atoms with Gasteiger partial charge in [-0.2, -0.15) is 0 Å². The van der Waals surface area contributed by atoms with E-state index in [1.54, 1.807) is 17.5 Å². The van der Waals surface area contributed by atoms with E-state index in [4.69, 9.17) is 4.42 Å². The van der Waals surface area contributed by atoms with Gasteiger partial charge in [0.05, 0.1) is 11.1 Å². The molecule has 4 aromatic rings. The van der Waals surface area contributed by atoms with Gasteiger partial charge in [0.2, 0.25) is 0 Å². The predicted octanol–water partition coefficient (Wildman–Crippen LogP) is 3.60. The highest BCUT2D eigenvalue weighted by molar-refractivity contribution is 7.98. The molecule has 136 valence electrons. The van der Waals surface area contributed by atoms with Crippen molar-refractivity contribution in [3.05, 3.63) is 51.0 Å². The van der Waals surface area contributed by atoms with Crippen molar-refractivity contribution in [2.24, 2.45) is 0 Å². The van der Waals surface area contributed by atoms with Gasteiger partial charge in [-0.25, -0.2) is 4.98 Å². The fraction of sp³-hybridized carbons (Fsp3) is 0.278. The lowest BCUT2D eigenvalue weighted by molar-refractivity contribution is 0.464. The Morgan fingerprint density at radius 3 is 3.04 bits per heavy atom. The molecule has 0 aliphatic heterocycles. The number of pyridine rings is 1. The zero-order valence-electron chi connectivity index (χ0n) is 14.3. The van der Waals surface area contributed by atoms with E-state index in [1.165, 1.54) is 28.6 Å². The third kappa shape index (κ3) is 3.17. The monoisotopic (exact) mass is 397 g/mol. The highest BCUT2D eigenvalue weighted by atomic mass is 32.2. The standard InChI is InChI=1S/C18H15N5O2S2/c24-15-14-10-5-1-2-7-12(10)27-17(14)21-13(20-15)9-26-18-23-22-16(25-18)11-6-3-4-8-19-11/h3-4,6,8H,1-2,5,7,9H2,(H,20,21,24). The van der Waals surface area contributed by atoms with Crippen molar-refractivity contribution in [2.75, 3.05) is 0 Å². The number of aryl methyl sites for hydroxylation is 2. The first-order valence-electron chi connectivity index (χ1n) is 8.69. The largest absolute Gasteiger partial charge is 0.410 e. The molecule has 4 aromatic heterocycles. The van der Waals surface area contributed by atoms with Crippen LogP contribution in [0.3, 0.4) is 0 Å². The molecular formula is C18H15N5O2S2. The number of fused-ring (bicyclic) bond motifs is 3. The fourth-order valence-electron chi connectivity index (χ4n) is 3.27. The topological polar surface area (TPSA) is 97.6 Å². The first-order chi connectivity index (χ1) is 13.3. The smallest absolute Gasteiger partial charge is 0.277 e. The van der Waals surface area contributed by atoms with Gasteiger partial charge in [-0.1, -0.05) is 17.8 Å². The lowest BCUT2D eigenvalue weighted by Crippen LogP contribution is -2.12. The molecule has 27 heavy (non-hydrogen) atoms. The number of aromatic nitrogens is 5. The number of nitrogens with one attached hydrogen (secondary N) is 1. The van der Waals surface area contributed by atoms with E-state index in [1.807, 2.05) is 18.2 Å². The zero-order valence-corrected chi connectivity index (χ0v) is 15.9. The minimum absolute atomic E-state index is 0.0466. The van der Waals surface area contributed by atoms with Crippen LogP contribution < -0.4 is 5.56 Å². The normalized spacial score (nSPS) is 13.8. The van der Waals surface area contributed by atoms with Crippen LogP contribution in [0, 0.1) is 0 Å². The van der Waals surface area contributed by atoms with Crippen molar-refractivity contribution in [3.63, 3.8) is 0 Å². The second kappa shape index (κ2) is 6.90. The molecule has 0 fully saturated rings. The molecule has 4 heterocycles. The van der Waals surface area contributed by atoms with Crippen molar-refractivity contribution in [1.29, 1.82) is 0 Å². The zero-order chi connectivity index (χ0) is 18.2. The van der Waals surface area contributed by atoms with E-state index >= 15 is 0 Å². The second-order valence-electron chi connectivity index (χ2n) is 6.28. The van der Waals surface area contributed by atoms with Crippen molar-refractivity contribution in [1.82, 2.24) is 25.1 Å². The Balaban J connectivity index is 1.38. The molecule has 0 saturated heterocycles. The van der Waals surface area contributed by atoms with Gasteiger partial charge in [0, 0.05) is 11.1 Å². The maximum atomic E-state index is 12.6. The summed E-state index contributed by atoms with van der Waals surface area (Å²) in [6.45, 7) is 0. The first-order valence-corrected chi connectivity index (χ1v) is 10.5.